The molecule has 1 amide bonds. The minimum atomic E-state index is -0.218. The van der Waals surface area contributed by atoms with E-state index in [2.05, 4.69) is 20.4 Å². The minimum Gasteiger partial charge on any atom is -0.487 e. The third kappa shape index (κ3) is 4.54. The maximum absolute atomic E-state index is 12.7. The van der Waals surface area contributed by atoms with Gasteiger partial charge in [-0.2, -0.15) is 5.10 Å². The van der Waals surface area contributed by atoms with Crippen LogP contribution < -0.4 is 10.1 Å². The van der Waals surface area contributed by atoms with Gasteiger partial charge in [0.2, 0.25) is 0 Å². The van der Waals surface area contributed by atoms with Gasteiger partial charge in [0, 0.05) is 36.5 Å². The highest BCUT2D eigenvalue weighted by atomic mass is 16.5. The number of aromatic nitrogens is 6. The van der Waals surface area contributed by atoms with Crippen molar-refractivity contribution in [2.24, 2.45) is 0 Å². The Bertz CT molecular complexity index is 1640. The number of carbonyl (C=O) groups is 1. The van der Waals surface area contributed by atoms with Gasteiger partial charge in [-0.1, -0.05) is 12.1 Å². The van der Waals surface area contributed by atoms with E-state index >= 15 is 0 Å². The number of rotatable bonds is 7. The summed E-state index contributed by atoms with van der Waals surface area (Å²) in [6.45, 7) is 2.90. The van der Waals surface area contributed by atoms with Crippen molar-refractivity contribution in [3.05, 3.63) is 114 Å². The van der Waals surface area contributed by atoms with E-state index in [1.165, 1.54) is 5.56 Å². The summed E-state index contributed by atoms with van der Waals surface area (Å²) in [7, 11) is 0. The fourth-order valence-corrected chi connectivity index (χ4v) is 4.03. The Balaban J connectivity index is 1.05. The van der Waals surface area contributed by atoms with E-state index in [0.29, 0.717) is 30.2 Å². The van der Waals surface area contributed by atoms with Crippen LogP contribution in [0.15, 0.2) is 91.8 Å². The van der Waals surface area contributed by atoms with Gasteiger partial charge in [0.1, 0.15) is 23.7 Å². The molecule has 5 aromatic heterocycles. The second-order valence-corrected chi connectivity index (χ2v) is 8.60. The molecule has 0 unspecified atom stereocenters. The number of benzene rings is 1. The summed E-state index contributed by atoms with van der Waals surface area (Å²) in [4.78, 5) is 21.8. The predicted octanol–water partition coefficient (Wildman–Crippen LogP) is 4.37. The number of carbonyl (C=O) groups excluding carboxylic acids is 1. The van der Waals surface area contributed by atoms with Crippen molar-refractivity contribution >= 4 is 22.9 Å². The lowest BCUT2D eigenvalue weighted by molar-refractivity contribution is 0.102. The van der Waals surface area contributed by atoms with E-state index in [1.54, 1.807) is 41.3 Å². The molecule has 1 aromatic carbocycles. The molecular weight excluding hydrogens is 454 g/mol. The van der Waals surface area contributed by atoms with Crippen molar-refractivity contribution in [3.63, 3.8) is 0 Å². The summed E-state index contributed by atoms with van der Waals surface area (Å²) in [5.74, 6) is 0.449. The van der Waals surface area contributed by atoms with E-state index in [4.69, 9.17) is 4.74 Å². The van der Waals surface area contributed by atoms with E-state index in [0.717, 1.165) is 22.7 Å². The molecule has 0 radical (unpaired) electrons. The molecule has 1 N–H and O–H groups in total. The van der Waals surface area contributed by atoms with Crippen molar-refractivity contribution in [2.45, 2.75) is 20.1 Å². The zero-order valence-electron chi connectivity index (χ0n) is 19.6. The van der Waals surface area contributed by atoms with Crippen LogP contribution in [0.4, 0.5) is 5.69 Å². The van der Waals surface area contributed by atoms with Gasteiger partial charge in [0.15, 0.2) is 0 Å². The Labute approximate surface area is 206 Å². The van der Waals surface area contributed by atoms with Crippen LogP contribution in [0.25, 0.3) is 11.3 Å². The number of hydrogen-bond donors (Lipinski definition) is 1. The topological polar surface area (TPSA) is 90.7 Å². The minimum absolute atomic E-state index is 0.218. The Hall–Kier alpha value is -4.92. The molecule has 5 heterocycles. The first-order valence-electron chi connectivity index (χ1n) is 11.5. The smallest absolute Gasteiger partial charge is 0.255 e. The Morgan fingerprint density at radius 3 is 2.56 bits per heavy atom. The van der Waals surface area contributed by atoms with Crippen LogP contribution in [0, 0.1) is 6.92 Å². The normalized spacial score (nSPS) is 11.2. The van der Waals surface area contributed by atoms with Crippen LogP contribution in [0.2, 0.25) is 0 Å². The standard InChI is InChI=1S/C27H23N7O2/c1-19-5-10-26-30-23(15-33(26)13-19)18-36-24-8-6-20(7-9-24)27(35)31-21-12-28-34(16-21)17-22-14-32-11-3-2-4-25(32)29-22/h2-16H,17-18H2,1H3,(H,31,35). The Kier molecular flexibility index (Phi) is 5.42. The first-order chi connectivity index (χ1) is 17.6. The van der Waals surface area contributed by atoms with Crippen LogP contribution in [-0.4, -0.2) is 34.5 Å². The summed E-state index contributed by atoms with van der Waals surface area (Å²) in [6, 6.07) is 16.9. The molecule has 0 spiro atoms. The zero-order valence-corrected chi connectivity index (χ0v) is 19.6. The number of anilines is 1. The number of fused-ring (bicyclic) bond motifs is 2. The zero-order chi connectivity index (χ0) is 24.5. The molecule has 9 heteroatoms. The molecule has 6 rings (SSSR count). The van der Waals surface area contributed by atoms with Gasteiger partial charge in [-0.15, -0.1) is 0 Å². The van der Waals surface area contributed by atoms with Gasteiger partial charge >= 0.3 is 0 Å². The molecule has 0 aliphatic carbocycles. The summed E-state index contributed by atoms with van der Waals surface area (Å²) < 4.78 is 11.6. The molecule has 0 atom stereocenters. The Morgan fingerprint density at radius 2 is 1.69 bits per heavy atom. The van der Waals surface area contributed by atoms with Gasteiger partial charge < -0.3 is 18.9 Å². The molecule has 0 saturated carbocycles. The van der Waals surface area contributed by atoms with Crippen molar-refractivity contribution in [1.82, 2.24) is 28.5 Å². The van der Waals surface area contributed by atoms with Gasteiger partial charge in [-0.25, -0.2) is 9.97 Å². The van der Waals surface area contributed by atoms with Crippen molar-refractivity contribution in [3.8, 4) is 5.75 Å². The fourth-order valence-electron chi connectivity index (χ4n) is 4.03. The maximum Gasteiger partial charge on any atom is 0.255 e. The van der Waals surface area contributed by atoms with Gasteiger partial charge in [-0.3, -0.25) is 9.48 Å². The fraction of sp³-hybridized carbons (Fsp3) is 0.111. The summed E-state index contributed by atoms with van der Waals surface area (Å²) in [5, 5.41) is 7.23. The number of hydrogen-bond acceptors (Lipinski definition) is 5. The molecule has 0 saturated heterocycles. The van der Waals surface area contributed by atoms with Crippen molar-refractivity contribution in [1.29, 1.82) is 0 Å². The van der Waals surface area contributed by atoms with Crippen LogP contribution >= 0.6 is 0 Å². The molecule has 36 heavy (non-hydrogen) atoms. The SMILES string of the molecule is Cc1ccc2nc(COc3ccc(C(=O)Nc4cnn(Cc5cn6ccccc6n5)c4)cc3)cn2c1. The van der Waals surface area contributed by atoms with E-state index in [1.807, 2.05) is 70.8 Å². The largest absolute Gasteiger partial charge is 0.487 e. The lowest BCUT2D eigenvalue weighted by Gasteiger charge is -2.06. The van der Waals surface area contributed by atoms with Crippen LogP contribution in [0.1, 0.15) is 27.3 Å². The number of ether oxygens (including phenoxy) is 1. The third-order valence-electron chi connectivity index (χ3n) is 5.78. The number of amides is 1. The quantitative estimate of drug-likeness (QED) is 0.369. The third-order valence-corrected chi connectivity index (χ3v) is 5.78. The van der Waals surface area contributed by atoms with Gasteiger partial charge in [0.05, 0.1) is 29.8 Å². The molecule has 9 nitrogen and oxygen atoms in total. The lowest BCUT2D eigenvalue weighted by atomic mass is 10.2. The molecule has 0 fully saturated rings. The van der Waals surface area contributed by atoms with Crippen molar-refractivity contribution in [2.75, 3.05) is 5.32 Å². The highest BCUT2D eigenvalue weighted by molar-refractivity contribution is 6.04. The summed E-state index contributed by atoms with van der Waals surface area (Å²) in [6.07, 6.45) is 11.3. The highest BCUT2D eigenvalue weighted by Gasteiger charge is 2.10. The summed E-state index contributed by atoms with van der Waals surface area (Å²) in [5.41, 5.74) is 5.80. The van der Waals surface area contributed by atoms with Crippen molar-refractivity contribution < 1.29 is 9.53 Å². The van der Waals surface area contributed by atoms with Gasteiger partial charge in [0.25, 0.3) is 5.91 Å². The second kappa shape index (κ2) is 9.03. The molecule has 0 aliphatic rings. The number of nitrogens with one attached hydrogen (secondary N) is 1. The van der Waals surface area contributed by atoms with E-state index in [-0.39, 0.29) is 5.91 Å². The van der Waals surface area contributed by atoms with Gasteiger partial charge in [-0.05, 0) is 55.0 Å². The van der Waals surface area contributed by atoms with Crippen LogP contribution in [0.5, 0.6) is 5.75 Å². The number of imidazole rings is 2. The first kappa shape index (κ1) is 21.6. The average molecular weight is 478 g/mol. The van der Waals surface area contributed by atoms with Crippen LogP contribution in [0.3, 0.4) is 0 Å². The molecule has 0 aliphatic heterocycles. The molecule has 6 aromatic rings. The number of aryl methyl sites for hydroxylation is 1. The Morgan fingerprint density at radius 1 is 0.889 bits per heavy atom. The maximum atomic E-state index is 12.7. The number of pyridine rings is 2. The van der Waals surface area contributed by atoms with E-state index in [9.17, 15) is 4.79 Å². The second-order valence-electron chi connectivity index (χ2n) is 8.60. The molecule has 178 valence electrons. The predicted molar refractivity (Wildman–Crippen MR) is 135 cm³/mol. The average Bonchev–Trinajstić information content (AvgIpc) is 3.60. The number of nitrogens with zero attached hydrogens (tertiary/aromatic N) is 6. The molecular formula is C27H23N7O2. The first-order valence-corrected chi connectivity index (χ1v) is 11.5. The van der Waals surface area contributed by atoms with E-state index < -0.39 is 0 Å². The molecule has 0 bridgehead atoms. The summed E-state index contributed by atoms with van der Waals surface area (Å²) >= 11 is 0. The monoisotopic (exact) mass is 477 g/mol. The lowest BCUT2D eigenvalue weighted by Crippen LogP contribution is -2.11. The van der Waals surface area contributed by atoms with Crippen LogP contribution in [-0.2, 0) is 13.2 Å². The highest BCUT2D eigenvalue weighted by Crippen LogP contribution is 2.17.